The summed E-state index contributed by atoms with van der Waals surface area (Å²) in [6.07, 6.45) is 7.87. The fourth-order valence-electron chi connectivity index (χ4n) is 8.19. The van der Waals surface area contributed by atoms with E-state index >= 15 is 0 Å². The quantitative estimate of drug-likeness (QED) is 0.0639. The second-order valence-corrected chi connectivity index (χ2v) is 22.1. The van der Waals surface area contributed by atoms with Gasteiger partial charge in [0.25, 0.3) is 0 Å². The van der Waals surface area contributed by atoms with Crippen molar-refractivity contribution in [2.45, 2.75) is 199 Å². The zero-order chi connectivity index (χ0) is 54.3. The maximum atomic E-state index is 9.31. The molecule has 2 unspecified atom stereocenters. The van der Waals surface area contributed by atoms with E-state index < -0.39 is 12.2 Å². The first-order chi connectivity index (χ1) is 33.7. The van der Waals surface area contributed by atoms with Gasteiger partial charge in [-0.05, 0) is 142 Å². The van der Waals surface area contributed by atoms with E-state index in [0.29, 0.717) is 35.5 Å². The van der Waals surface area contributed by atoms with Crippen LogP contribution in [0.25, 0.3) is 44.1 Å². The molecule has 2 aromatic heterocycles. The molecule has 8 heteroatoms. The van der Waals surface area contributed by atoms with Gasteiger partial charge in [0.2, 0.25) is 0 Å². The van der Waals surface area contributed by atoms with Crippen molar-refractivity contribution in [3.63, 3.8) is 0 Å². The molecule has 0 aliphatic rings. The van der Waals surface area contributed by atoms with E-state index in [-0.39, 0.29) is 63.6 Å². The minimum Gasteiger partial charge on any atom is -0.513 e. The van der Waals surface area contributed by atoms with Gasteiger partial charge >= 0.3 is 0 Å². The van der Waals surface area contributed by atoms with Crippen molar-refractivity contribution < 1.29 is 60.6 Å². The maximum Gasteiger partial charge on any atom is 0.0933 e. The smallest absolute Gasteiger partial charge is 0.0933 e. The van der Waals surface area contributed by atoms with Crippen molar-refractivity contribution in [3.05, 3.63) is 153 Å². The normalized spacial score (nSPS) is 12.7. The van der Waals surface area contributed by atoms with Crippen LogP contribution >= 0.6 is 0 Å². The monoisotopic (exact) mass is 1360 g/mol. The Balaban J connectivity index is 0.000000549. The summed E-state index contributed by atoms with van der Waals surface area (Å²) in [5.74, 6) is 3.59. The number of fused-ring (bicyclic) bond motifs is 2. The van der Waals surface area contributed by atoms with Crippen LogP contribution in [0.4, 0.5) is 0 Å². The van der Waals surface area contributed by atoms with E-state index in [1.165, 1.54) is 85.1 Å². The first kappa shape index (κ1) is 68.0. The third-order valence-corrected chi connectivity index (χ3v) is 13.0. The molecule has 0 aliphatic heterocycles. The van der Waals surface area contributed by atoms with E-state index in [0.717, 1.165) is 35.4 Å². The molecule has 2 atom stereocenters. The van der Waals surface area contributed by atoms with Crippen LogP contribution in [0.3, 0.4) is 0 Å². The van der Waals surface area contributed by atoms with Gasteiger partial charge in [0.15, 0.2) is 0 Å². The Labute approximate surface area is 475 Å². The van der Waals surface area contributed by atoms with Crippen molar-refractivity contribution in [1.82, 2.24) is 9.97 Å². The number of hydrogen-bond acceptors (Lipinski definition) is 6. The summed E-state index contributed by atoms with van der Waals surface area (Å²) < 4.78 is 0. The maximum absolute atomic E-state index is 9.31. The average Bonchev–Trinajstić information content (AvgIpc) is 3.32. The van der Waals surface area contributed by atoms with Gasteiger partial charge in [-0.3, -0.25) is 0 Å². The minimum atomic E-state index is -0.537. The van der Waals surface area contributed by atoms with Crippen LogP contribution < -0.4 is 0 Å². The van der Waals surface area contributed by atoms with Crippen LogP contribution in [0.2, 0.25) is 0 Å². The number of aryl methyl sites for hydroxylation is 2. The summed E-state index contributed by atoms with van der Waals surface area (Å²) in [4.78, 5) is 9.74. The summed E-state index contributed by atoms with van der Waals surface area (Å²) in [6.45, 7) is 42.2. The number of aromatic nitrogens is 2. The molecule has 2 radical (unpaired) electrons. The fourth-order valence-corrected chi connectivity index (χ4v) is 8.19. The summed E-state index contributed by atoms with van der Waals surface area (Å²) in [6, 6.07) is 30.2. The van der Waals surface area contributed by atoms with E-state index in [1.807, 2.05) is 33.9 Å². The zero-order valence-corrected chi connectivity index (χ0v) is 53.4. The molecule has 6 aromatic rings. The molecular formula is C66H92Ir2N2O4-2. The molecular weight excluding hydrogens is 1270 g/mol. The second-order valence-electron chi connectivity index (χ2n) is 22.1. The van der Waals surface area contributed by atoms with Crippen LogP contribution in [0.5, 0.6) is 0 Å². The summed E-state index contributed by atoms with van der Waals surface area (Å²) in [5, 5.41) is 40.6. The topological polar surface area (TPSA) is 107 Å². The number of aliphatic hydroxyl groups excluding tert-OH is 4. The van der Waals surface area contributed by atoms with Crippen LogP contribution in [-0.4, -0.2) is 42.6 Å². The molecule has 0 fully saturated rings. The molecule has 74 heavy (non-hydrogen) atoms. The van der Waals surface area contributed by atoms with E-state index in [1.54, 1.807) is 6.92 Å². The zero-order valence-electron chi connectivity index (χ0n) is 48.6. The third-order valence-electron chi connectivity index (χ3n) is 13.0. The molecule has 6 rings (SSSR count). The molecule has 0 saturated heterocycles. The molecule has 0 amide bonds. The van der Waals surface area contributed by atoms with Gasteiger partial charge in [0.05, 0.1) is 23.7 Å². The van der Waals surface area contributed by atoms with Gasteiger partial charge in [0, 0.05) is 58.5 Å². The van der Waals surface area contributed by atoms with Crippen molar-refractivity contribution in [2.24, 2.45) is 11.8 Å². The molecule has 0 bridgehead atoms. The van der Waals surface area contributed by atoms with Crippen LogP contribution in [-0.2, 0) is 53.1 Å². The Morgan fingerprint density at radius 3 is 1.55 bits per heavy atom. The average molecular weight is 1360 g/mol. The molecule has 0 saturated carbocycles. The minimum absolute atomic E-state index is 0. The van der Waals surface area contributed by atoms with Crippen LogP contribution in [0, 0.1) is 24.0 Å². The van der Waals surface area contributed by atoms with Gasteiger partial charge in [-0.25, -0.2) is 0 Å². The van der Waals surface area contributed by atoms with Crippen molar-refractivity contribution >= 4 is 21.5 Å². The van der Waals surface area contributed by atoms with Gasteiger partial charge < -0.3 is 30.4 Å². The Hall–Kier alpha value is -4.00. The Bertz CT molecular complexity index is 2680. The van der Waals surface area contributed by atoms with Crippen molar-refractivity contribution in [2.75, 3.05) is 0 Å². The molecule has 0 aliphatic carbocycles. The summed E-state index contributed by atoms with van der Waals surface area (Å²) >= 11 is 0. The SMILES string of the molecule is CC(C)C(O)=CC(O)C(C)C.CC(C)c1[c-]c(-c2ncc(C(C)C)c3cc(C(C)C)ccc23)cc(C(C)C)c1.CC(O)=CC(C)O.CCc1[c-]c(-c2nccc3c(C(C)C)cc(C(C)C)cc23)cc(CC)c1.[Ir].[Ir]. The van der Waals surface area contributed by atoms with Gasteiger partial charge in [-0.1, -0.05) is 155 Å². The summed E-state index contributed by atoms with van der Waals surface area (Å²) in [7, 11) is 0. The Morgan fingerprint density at radius 1 is 0.527 bits per heavy atom. The van der Waals surface area contributed by atoms with E-state index in [4.69, 9.17) is 20.2 Å². The van der Waals surface area contributed by atoms with E-state index in [2.05, 4.69) is 176 Å². The van der Waals surface area contributed by atoms with E-state index in [9.17, 15) is 10.2 Å². The van der Waals surface area contributed by atoms with Crippen LogP contribution in [0.1, 0.15) is 218 Å². The standard InChI is InChI=1S/C27H34N.C25H30N.C9H18O2.C5H10O2.2Ir/c1-16(2)20-9-10-24-25(14-20)26(19(7)8)15-28-27(24)23-12-21(17(3)4)11-22(13-23)18(5)6;1-7-18-11-19(8-2)13-21(12-18)25-24-15-20(16(3)4)14-23(17(5)6)22(24)9-10-26-25;1-6(2)8(10)5-9(11)7(3)4;1-4(6)3-5(2)7;;/h9-12,14-19H,1-8H3;9-12,14-17H,7-8H2,1-6H3;5-8,10-11H,1-4H3;3-4,6-7H,1-2H3;;/q2*-1;;;;. The Morgan fingerprint density at radius 2 is 1.08 bits per heavy atom. The number of aliphatic hydroxyl groups is 4. The molecule has 4 aromatic carbocycles. The number of nitrogens with zero attached hydrogens (tertiary/aromatic N) is 2. The molecule has 2 heterocycles. The third kappa shape index (κ3) is 19.9. The summed E-state index contributed by atoms with van der Waals surface area (Å²) in [5.41, 5.74) is 15.1. The number of rotatable bonds is 14. The van der Waals surface area contributed by atoms with Gasteiger partial charge in [-0.2, -0.15) is 0 Å². The van der Waals surface area contributed by atoms with Crippen LogP contribution in [0.15, 0.2) is 96.7 Å². The fraction of sp³-hybridized carbons (Fsp3) is 0.485. The van der Waals surface area contributed by atoms with Gasteiger partial charge in [0.1, 0.15) is 0 Å². The van der Waals surface area contributed by atoms with Gasteiger partial charge in [-0.15, -0.1) is 69.8 Å². The van der Waals surface area contributed by atoms with Crippen molar-refractivity contribution in [3.8, 4) is 22.5 Å². The predicted octanol–water partition coefficient (Wildman–Crippen LogP) is 18.2. The first-order valence-electron chi connectivity index (χ1n) is 26.8. The Kier molecular flexibility index (Phi) is 29.3. The number of pyridine rings is 2. The number of benzene rings is 4. The molecule has 410 valence electrons. The molecule has 0 spiro atoms. The molecule has 6 nitrogen and oxygen atoms in total. The van der Waals surface area contributed by atoms with Crippen molar-refractivity contribution in [1.29, 1.82) is 0 Å². The molecule has 4 N–H and O–H groups in total. The first-order valence-corrected chi connectivity index (χ1v) is 26.8. The predicted molar refractivity (Wildman–Crippen MR) is 310 cm³/mol. The second kappa shape index (κ2) is 31.9. The number of hydrogen-bond donors (Lipinski definition) is 4. The number of allylic oxidation sites excluding steroid dienone is 2. The largest absolute Gasteiger partial charge is 0.513 e.